The number of nitrogens with zero attached hydrogens (tertiary/aromatic N) is 4. The molecule has 3 rings (SSSR count). The zero-order valence-corrected chi connectivity index (χ0v) is 13.4. The van der Waals surface area contributed by atoms with Gasteiger partial charge in [-0.2, -0.15) is 5.10 Å². The molecule has 0 aliphatic heterocycles. The van der Waals surface area contributed by atoms with Crippen molar-refractivity contribution >= 4 is 52.4 Å². The minimum atomic E-state index is -0.122. The SMILES string of the molecule is NC(N)=N/N=C/c1c(-c2cc(Cl)sc2Cl)nc2ccccn12. The Bertz CT molecular complexity index is 891. The quantitative estimate of drug-likeness (QED) is 0.431. The number of imidazole rings is 1. The molecule has 6 nitrogen and oxygen atoms in total. The van der Waals surface area contributed by atoms with Crippen LogP contribution in [0.25, 0.3) is 16.9 Å². The molecule has 112 valence electrons. The van der Waals surface area contributed by atoms with Crippen molar-refractivity contribution in [3.8, 4) is 11.3 Å². The van der Waals surface area contributed by atoms with Gasteiger partial charge in [-0.3, -0.25) is 4.40 Å². The predicted octanol–water partition coefficient (Wildman–Crippen LogP) is 2.98. The molecule has 0 aliphatic carbocycles. The molecule has 0 aliphatic rings. The number of fused-ring (bicyclic) bond motifs is 1. The number of nitrogens with two attached hydrogens (primary N) is 2. The first-order valence-corrected chi connectivity index (χ1v) is 7.68. The number of aromatic nitrogens is 2. The van der Waals surface area contributed by atoms with Crippen LogP contribution in [0.5, 0.6) is 0 Å². The van der Waals surface area contributed by atoms with Crippen LogP contribution in [0, 0.1) is 0 Å². The lowest BCUT2D eigenvalue weighted by molar-refractivity contribution is 1.16. The zero-order chi connectivity index (χ0) is 15.7. The molecule has 0 bridgehead atoms. The number of hydrogen-bond acceptors (Lipinski definition) is 4. The van der Waals surface area contributed by atoms with Crippen molar-refractivity contribution in [2.24, 2.45) is 21.7 Å². The minimum absolute atomic E-state index is 0.122. The highest BCUT2D eigenvalue weighted by molar-refractivity contribution is 7.20. The fraction of sp³-hybridized carbons (Fsp3) is 0. The van der Waals surface area contributed by atoms with Crippen molar-refractivity contribution in [1.29, 1.82) is 0 Å². The van der Waals surface area contributed by atoms with Crippen molar-refractivity contribution in [3.63, 3.8) is 0 Å². The largest absolute Gasteiger partial charge is 0.369 e. The van der Waals surface area contributed by atoms with Gasteiger partial charge in [0.15, 0.2) is 0 Å². The Morgan fingerprint density at radius 1 is 1.32 bits per heavy atom. The van der Waals surface area contributed by atoms with E-state index in [1.807, 2.05) is 28.8 Å². The van der Waals surface area contributed by atoms with Gasteiger partial charge in [-0.15, -0.1) is 16.4 Å². The fourth-order valence-corrected chi connectivity index (χ4v) is 3.45. The summed E-state index contributed by atoms with van der Waals surface area (Å²) in [5, 5.41) is 7.48. The summed E-state index contributed by atoms with van der Waals surface area (Å²) < 4.78 is 3.01. The molecule has 22 heavy (non-hydrogen) atoms. The van der Waals surface area contributed by atoms with Crippen LogP contribution in [0.4, 0.5) is 0 Å². The predicted molar refractivity (Wildman–Crippen MR) is 91.9 cm³/mol. The van der Waals surface area contributed by atoms with E-state index in [-0.39, 0.29) is 5.96 Å². The standard InChI is InChI=1S/C13H10Cl2N6S/c14-9-5-7(12(15)22-9)11-8(6-18-20-13(16)17)21-4-2-1-3-10(21)19-11/h1-6H,(H4,16,17,20)/b18-6+. The number of halogens is 2. The van der Waals surface area contributed by atoms with E-state index in [1.165, 1.54) is 17.6 Å². The van der Waals surface area contributed by atoms with Gasteiger partial charge >= 0.3 is 0 Å². The first-order valence-electron chi connectivity index (χ1n) is 6.10. The number of guanidine groups is 1. The van der Waals surface area contributed by atoms with Gasteiger partial charge in [0.2, 0.25) is 5.96 Å². The van der Waals surface area contributed by atoms with Crippen LogP contribution in [0.3, 0.4) is 0 Å². The molecule has 0 spiro atoms. The van der Waals surface area contributed by atoms with Crippen molar-refractivity contribution in [1.82, 2.24) is 9.38 Å². The van der Waals surface area contributed by atoms with Crippen LogP contribution in [0.15, 0.2) is 40.7 Å². The van der Waals surface area contributed by atoms with E-state index in [2.05, 4.69) is 15.2 Å². The molecule has 0 aromatic carbocycles. The first kappa shape index (κ1) is 14.8. The van der Waals surface area contributed by atoms with Crippen molar-refractivity contribution in [2.75, 3.05) is 0 Å². The van der Waals surface area contributed by atoms with Gasteiger partial charge in [-0.05, 0) is 18.2 Å². The topological polar surface area (TPSA) is 94.1 Å². The summed E-state index contributed by atoms with van der Waals surface area (Å²) in [4.78, 5) is 4.58. The van der Waals surface area contributed by atoms with E-state index in [0.717, 1.165) is 11.2 Å². The third-order valence-electron chi connectivity index (χ3n) is 2.83. The first-order chi connectivity index (χ1) is 10.6. The van der Waals surface area contributed by atoms with Gasteiger partial charge in [0.1, 0.15) is 15.7 Å². The Morgan fingerprint density at radius 2 is 2.14 bits per heavy atom. The van der Waals surface area contributed by atoms with Gasteiger partial charge in [-0.1, -0.05) is 29.3 Å². The summed E-state index contributed by atoms with van der Waals surface area (Å²) in [6.45, 7) is 0. The maximum atomic E-state index is 6.24. The highest BCUT2D eigenvalue weighted by Gasteiger charge is 2.17. The molecule has 0 saturated heterocycles. The van der Waals surface area contributed by atoms with E-state index in [0.29, 0.717) is 20.1 Å². The van der Waals surface area contributed by atoms with Gasteiger partial charge in [-0.25, -0.2) is 4.98 Å². The van der Waals surface area contributed by atoms with Crippen LogP contribution in [-0.2, 0) is 0 Å². The van der Waals surface area contributed by atoms with Crippen molar-refractivity contribution in [2.45, 2.75) is 0 Å². The Morgan fingerprint density at radius 3 is 2.82 bits per heavy atom. The molecule has 3 aromatic rings. The van der Waals surface area contributed by atoms with Gasteiger partial charge in [0, 0.05) is 11.8 Å². The van der Waals surface area contributed by atoms with E-state index in [9.17, 15) is 0 Å². The summed E-state index contributed by atoms with van der Waals surface area (Å²) >= 11 is 13.5. The third-order valence-corrected chi connectivity index (χ3v) is 4.32. The lowest BCUT2D eigenvalue weighted by Gasteiger charge is -1.98. The van der Waals surface area contributed by atoms with Crippen molar-refractivity contribution in [3.05, 3.63) is 44.8 Å². The Balaban J connectivity index is 2.23. The zero-order valence-electron chi connectivity index (χ0n) is 11.1. The third kappa shape index (κ3) is 2.78. The van der Waals surface area contributed by atoms with Crippen molar-refractivity contribution < 1.29 is 0 Å². The average molecular weight is 353 g/mol. The highest BCUT2D eigenvalue weighted by Crippen LogP contribution is 2.38. The van der Waals surface area contributed by atoms with Crippen LogP contribution >= 0.6 is 34.5 Å². The molecule has 0 atom stereocenters. The van der Waals surface area contributed by atoms with Crippen LogP contribution in [0.1, 0.15) is 5.69 Å². The number of pyridine rings is 1. The van der Waals surface area contributed by atoms with Crippen LogP contribution < -0.4 is 11.5 Å². The maximum absolute atomic E-state index is 6.24. The number of rotatable bonds is 3. The second kappa shape index (κ2) is 5.96. The maximum Gasteiger partial charge on any atom is 0.211 e. The molecule has 0 unspecified atom stereocenters. The molecular weight excluding hydrogens is 343 g/mol. The second-order valence-electron chi connectivity index (χ2n) is 4.28. The molecule has 0 amide bonds. The lowest BCUT2D eigenvalue weighted by atomic mass is 10.2. The van der Waals surface area contributed by atoms with Crippen LogP contribution in [0.2, 0.25) is 8.67 Å². The van der Waals surface area contributed by atoms with E-state index >= 15 is 0 Å². The minimum Gasteiger partial charge on any atom is -0.369 e. The smallest absolute Gasteiger partial charge is 0.211 e. The number of thiophene rings is 1. The molecule has 0 radical (unpaired) electrons. The summed E-state index contributed by atoms with van der Waals surface area (Å²) in [5.74, 6) is -0.122. The summed E-state index contributed by atoms with van der Waals surface area (Å²) in [6, 6.07) is 7.43. The number of hydrogen-bond donors (Lipinski definition) is 2. The average Bonchev–Trinajstić information content (AvgIpc) is 2.99. The molecule has 4 N–H and O–H groups in total. The normalized spacial score (nSPS) is 11.4. The van der Waals surface area contributed by atoms with E-state index in [4.69, 9.17) is 34.7 Å². The summed E-state index contributed by atoms with van der Waals surface area (Å²) in [6.07, 6.45) is 3.39. The molecule has 3 aromatic heterocycles. The second-order valence-corrected chi connectivity index (χ2v) is 6.57. The van der Waals surface area contributed by atoms with Gasteiger partial charge < -0.3 is 11.5 Å². The van der Waals surface area contributed by atoms with Crippen LogP contribution in [-0.4, -0.2) is 21.6 Å². The fourth-order valence-electron chi connectivity index (χ4n) is 1.99. The van der Waals surface area contributed by atoms with Gasteiger partial charge in [0.05, 0.1) is 16.2 Å². The Kier molecular flexibility index (Phi) is 4.02. The lowest BCUT2D eigenvalue weighted by Crippen LogP contribution is -2.21. The Hall–Kier alpha value is -2.09. The monoisotopic (exact) mass is 352 g/mol. The molecule has 0 fully saturated rings. The molecule has 0 saturated carbocycles. The Labute approximate surface area is 139 Å². The summed E-state index contributed by atoms with van der Waals surface area (Å²) in [7, 11) is 0. The molecule has 9 heteroatoms. The van der Waals surface area contributed by atoms with Gasteiger partial charge in [0.25, 0.3) is 0 Å². The highest BCUT2D eigenvalue weighted by atomic mass is 35.5. The van der Waals surface area contributed by atoms with E-state index in [1.54, 1.807) is 6.07 Å². The molecular formula is C13H10Cl2N6S. The summed E-state index contributed by atoms with van der Waals surface area (Å²) in [5.41, 5.74) is 13.4. The van der Waals surface area contributed by atoms with E-state index < -0.39 is 0 Å². The molecule has 3 heterocycles.